The van der Waals surface area contributed by atoms with Gasteiger partial charge in [-0.25, -0.2) is 4.98 Å². The summed E-state index contributed by atoms with van der Waals surface area (Å²) in [5.74, 6) is 2.18. The summed E-state index contributed by atoms with van der Waals surface area (Å²) < 4.78 is 0. The maximum Gasteiger partial charge on any atom is 0.111 e. The van der Waals surface area contributed by atoms with E-state index < -0.39 is 0 Å². The van der Waals surface area contributed by atoms with Crippen LogP contribution >= 0.6 is 23.1 Å². The number of hydrogen-bond acceptors (Lipinski definition) is 5. The third-order valence-corrected chi connectivity index (χ3v) is 3.74. The van der Waals surface area contributed by atoms with E-state index in [1.165, 1.54) is 5.01 Å². The third-order valence-electron chi connectivity index (χ3n) is 1.79. The molecule has 0 aliphatic carbocycles. The molecule has 1 aliphatic rings. The summed E-state index contributed by atoms with van der Waals surface area (Å²) >= 11 is 3.62. The number of thioether (sulfide) groups is 1. The summed E-state index contributed by atoms with van der Waals surface area (Å²) in [4.78, 5) is 4.43. The second kappa shape index (κ2) is 3.74. The predicted molar refractivity (Wildman–Crippen MR) is 53.2 cm³/mol. The van der Waals surface area contributed by atoms with E-state index in [0.29, 0.717) is 12.6 Å². The number of aromatic nitrogens is 1. The largest absolute Gasteiger partial charge is 0.325 e. The summed E-state index contributed by atoms with van der Waals surface area (Å²) in [6.07, 6.45) is 0. The lowest BCUT2D eigenvalue weighted by Crippen LogP contribution is -2.14. The Labute approximate surface area is 79.8 Å². The van der Waals surface area contributed by atoms with Gasteiger partial charge in [0.1, 0.15) is 5.01 Å². The molecule has 0 amide bonds. The van der Waals surface area contributed by atoms with Crippen molar-refractivity contribution in [1.29, 1.82) is 0 Å². The van der Waals surface area contributed by atoms with Crippen molar-refractivity contribution in [2.45, 2.75) is 12.6 Å². The van der Waals surface area contributed by atoms with Crippen LogP contribution in [-0.4, -0.2) is 16.6 Å². The number of nitrogens with zero attached hydrogens (tertiary/aromatic N) is 1. The van der Waals surface area contributed by atoms with Gasteiger partial charge in [0.25, 0.3) is 0 Å². The molecule has 1 aromatic heterocycles. The highest BCUT2D eigenvalue weighted by Crippen LogP contribution is 2.26. The van der Waals surface area contributed by atoms with Crippen LogP contribution in [0.3, 0.4) is 0 Å². The minimum Gasteiger partial charge on any atom is -0.325 e. The van der Waals surface area contributed by atoms with Gasteiger partial charge in [0.2, 0.25) is 0 Å². The minimum absolute atomic E-state index is 0.459. The quantitative estimate of drug-likeness (QED) is 0.747. The van der Waals surface area contributed by atoms with E-state index in [9.17, 15) is 0 Å². The molecule has 1 saturated heterocycles. The molecule has 0 spiro atoms. The van der Waals surface area contributed by atoms with Crippen LogP contribution in [0.1, 0.15) is 16.7 Å². The van der Waals surface area contributed by atoms with Gasteiger partial charge in [0.15, 0.2) is 0 Å². The van der Waals surface area contributed by atoms with Crippen molar-refractivity contribution in [2.24, 2.45) is 5.73 Å². The van der Waals surface area contributed by atoms with Gasteiger partial charge >= 0.3 is 0 Å². The highest BCUT2D eigenvalue weighted by molar-refractivity contribution is 7.99. The van der Waals surface area contributed by atoms with Gasteiger partial charge in [-0.2, -0.15) is 0 Å². The second-order valence-corrected chi connectivity index (χ2v) is 4.57. The molecule has 3 N–H and O–H groups in total. The first-order valence-corrected chi connectivity index (χ1v) is 5.89. The van der Waals surface area contributed by atoms with Gasteiger partial charge in [0.05, 0.1) is 11.7 Å². The Morgan fingerprint density at radius 2 is 2.67 bits per heavy atom. The standard InChI is InChI=1S/C7H11N3S2/c8-1-5-2-12-7(10-5)6-3-11-4-9-6/h2,6,9H,1,3-4,8H2/t6-/m0/s1. The van der Waals surface area contributed by atoms with Crippen LogP contribution in [0.2, 0.25) is 0 Å². The Hall–Kier alpha value is -0.100. The van der Waals surface area contributed by atoms with Gasteiger partial charge in [-0.1, -0.05) is 0 Å². The highest BCUT2D eigenvalue weighted by Gasteiger charge is 2.19. The van der Waals surface area contributed by atoms with E-state index in [1.54, 1.807) is 11.3 Å². The molecular weight excluding hydrogens is 190 g/mol. The van der Waals surface area contributed by atoms with Crippen LogP contribution in [0.5, 0.6) is 0 Å². The Kier molecular flexibility index (Phi) is 2.65. The molecule has 5 heteroatoms. The number of nitrogens with two attached hydrogens (primary N) is 1. The van der Waals surface area contributed by atoms with E-state index in [1.807, 2.05) is 17.1 Å². The Morgan fingerprint density at radius 3 is 3.25 bits per heavy atom. The van der Waals surface area contributed by atoms with Gasteiger partial charge in [0, 0.05) is 23.6 Å². The fraction of sp³-hybridized carbons (Fsp3) is 0.571. The monoisotopic (exact) mass is 201 g/mol. The van der Waals surface area contributed by atoms with E-state index >= 15 is 0 Å². The molecule has 0 radical (unpaired) electrons. The first-order valence-electron chi connectivity index (χ1n) is 3.85. The Morgan fingerprint density at radius 1 is 1.75 bits per heavy atom. The van der Waals surface area contributed by atoms with Crippen molar-refractivity contribution < 1.29 is 0 Å². The number of rotatable bonds is 2. The van der Waals surface area contributed by atoms with E-state index in [-0.39, 0.29) is 0 Å². The number of thiazole rings is 1. The van der Waals surface area contributed by atoms with Crippen molar-refractivity contribution in [3.05, 3.63) is 16.1 Å². The van der Waals surface area contributed by atoms with Gasteiger partial charge in [-0.15, -0.1) is 23.1 Å². The zero-order chi connectivity index (χ0) is 8.39. The molecule has 0 saturated carbocycles. The molecule has 0 unspecified atom stereocenters. The average molecular weight is 201 g/mol. The zero-order valence-corrected chi connectivity index (χ0v) is 8.25. The lowest BCUT2D eigenvalue weighted by atomic mass is 10.3. The maximum absolute atomic E-state index is 5.48. The average Bonchev–Trinajstić information content (AvgIpc) is 2.75. The van der Waals surface area contributed by atoms with E-state index in [0.717, 1.165) is 17.3 Å². The molecular formula is C7H11N3S2. The van der Waals surface area contributed by atoms with E-state index in [4.69, 9.17) is 5.73 Å². The van der Waals surface area contributed by atoms with Crippen LogP contribution in [-0.2, 0) is 6.54 Å². The van der Waals surface area contributed by atoms with Crippen LogP contribution in [0.4, 0.5) is 0 Å². The van der Waals surface area contributed by atoms with Crippen molar-refractivity contribution in [2.75, 3.05) is 11.6 Å². The van der Waals surface area contributed by atoms with Crippen LogP contribution in [0, 0.1) is 0 Å². The van der Waals surface area contributed by atoms with Crippen LogP contribution in [0.15, 0.2) is 5.38 Å². The van der Waals surface area contributed by atoms with Gasteiger partial charge in [-0.3, -0.25) is 5.32 Å². The maximum atomic E-state index is 5.48. The molecule has 1 aromatic rings. The summed E-state index contributed by atoms with van der Waals surface area (Å²) in [6, 6.07) is 0.459. The molecule has 1 atom stereocenters. The normalized spacial score (nSPS) is 23.2. The topological polar surface area (TPSA) is 50.9 Å². The number of nitrogens with one attached hydrogen (secondary N) is 1. The Bertz CT molecular complexity index is 255. The molecule has 2 rings (SSSR count). The van der Waals surface area contributed by atoms with Crippen LogP contribution < -0.4 is 11.1 Å². The molecule has 12 heavy (non-hydrogen) atoms. The first kappa shape index (κ1) is 8.50. The fourth-order valence-corrected chi connectivity index (χ4v) is 3.09. The van der Waals surface area contributed by atoms with Crippen molar-refractivity contribution in [3.8, 4) is 0 Å². The Balaban J connectivity index is 2.11. The molecule has 66 valence electrons. The van der Waals surface area contributed by atoms with Gasteiger partial charge in [-0.05, 0) is 0 Å². The van der Waals surface area contributed by atoms with Crippen molar-refractivity contribution >= 4 is 23.1 Å². The molecule has 2 heterocycles. The summed E-state index contributed by atoms with van der Waals surface area (Å²) in [5, 5.41) is 6.60. The molecule has 0 aromatic carbocycles. The molecule has 1 aliphatic heterocycles. The predicted octanol–water partition coefficient (Wildman–Crippen LogP) is 0.937. The first-order chi connectivity index (χ1) is 5.90. The summed E-state index contributed by atoms with van der Waals surface area (Å²) in [5.41, 5.74) is 6.49. The van der Waals surface area contributed by atoms with Crippen molar-refractivity contribution in [3.63, 3.8) is 0 Å². The summed E-state index contributed by atoms with van der Waals surface area (Å²) in [6.45, 7) is 0.552. The number of hydrogen-bond donors (Lipinski definition) is 2. The van der Waals surface area contributed by atoms with Crippen LogP contribution in [0.25, 0.3) is 0 Å². The molecule has 1 fully saturated rings. The lowest BCUT2D eigenvalue weighted by Gasteiger charge is -2.02. The fourth-order valence-electron chi connectivity index (χ4n) is 1.13. The molecule has 3 nitrogen and oxygen atoms in total. The van der Waals surface area contributed by atoms with Gasteiger partial charge < -0.3 is 5.73 Å². The lowest BCUT2D eigenvalue weighted by molar-refractivity contribution is 0.668. The van der Waals surface area contributed by atoms with E-state index in [2.05, 4.69) is 10.3 Å². The zero-order valence-electron chi connectivity index (χ0n) is 6.62. The summed E-state index contributed by atoms with van der Waals surface area (Å²) in [7, 11) is 0. The SMILES string of the molecule is NCc1csc([C@@H]2CSCN2)n1. The van der Waals surface area contributed by atoms with Crippen molar-refractivity contribution in [1.82, 2.24) is 10.3 Å². The highest BCUT2D eigenvalue weighted by atomic mass is 32.2. The molecule has 0 bridgehead atoms. The smallest absolute Gasteiger partial charge is 0.111 e. The minimum atomic E-state index is 0.459. The third kappa shape index (κ3) is 1.64. The second-order valence-electron chi connectivity index (χ2n) is 2.65.